The number of nitrogens with zero attached hydrogens (tertiary/aromatic N) is 3. The van der Waals surface area contributed by atoms with Gasteiger partial charge in [0.25, 0.3) is 5.88 Å². The predicted molar refractivity (Wildman–Crippen MR) is 62.5 cm³/mol. The molecule has 0 saturated carbocycles. The lowest BCUT2D eigenvalue weighted by molar-refractivity contribution is 0.291. The van der Waals surface area contributed by atoms with Crippen molar-refractivity contribution < 1.29 is 4.74 Å². The number of ether oxygens (including phenoxy) is 1. The van der Waals surface area contributed by atoms with Gasteiger partial charge in [0.05, 0.1) is 0 Å². The summed E-state index contributed by atoms with van der Waals surface area (Å²) < 4.78 is 5.41. The second-order valence-electron chi connectivity index (χ2n) is 3.24. The molecule has 2 aromatic rings. The Morgan fingerprint density at radius 2 is 1.88 bits per heavy atom. The first-order chi connectivity index (χ1) is 8.29. The molecular formula is C12H8ClN3O. The van der Waals surface area contributed by atoms with Crippen molar-refractivity contribution in [1.29, 1.82) is 5.26 Å². The maximum atomic E-state index is 8.80. The SMILES string of the molecule is N#Cc1nccnc1OCc1ccc(Cl)cc1. The van der Waals surface area contributed by atoms with Crippen molar-refractivity contribution in [2.75, 3.05) is 0 Å². The van der Waals surface area contributed by atoms with Crippen LogP contribution in [-0.2, 0) is 6.61 Å². The molecule has 0 aliphatic rings. The maximum Gasteiger partial charge on any atom is 0.251 e. The molecule has 0 N–H and O–H groups in total. The second-order valence-corrected chi connectivity index (χ2v) is 3.67. The molecule has 1 heterocycles. The molecule has 0 aliphatic carbocycles. The summed E-state index contributed by atoms with van der Waals surface area (Å²) in [6.45, 7) is 0.324. The Kier molecular flexibility index (Phi) is 3.53. The molecule has 1 aromatic heterocycles. The predicted octanol–water partition coefficient (Wildman–Crippen LogP) is 2.58. The van der Waals surface area contributed by atoms with Crippen LogP contribution in [0.2, 0.25) is 5.02 Å². The molecule has 4 nitrogen and oxygen atoms in total. The zero-order chi connectivity index (χ0) is 12.1. The van der Waals surface area contributed by atoms with E-state index in [9.17, 15) is 0 Å². The van der Waals surface area contributed by atoms with E-state index < -0.39 is 0 Å². The summed E-state index contributed by atoms with van der Waals surface area (Å²) in [5, 5.41) is 9.47. The van der Waals surface area contributed by atoms with Gasteiger partial charge in [-0.1, -0.05) is 23.7 Å². The molecule has 0 aliphatic heterocycles. The number of halogens is 1. The van der Waals surface area contributed by atoms with Gasteiger partial charge in [-0.25, -0.2) is 9.97 Å². The Morgan fingerprint density at radius 3 is 2.59 bits per heavy atom. The molecular weight excluding hydrogens is 238 g/mol. The van der Waals surface area contributed by atoms with Gasteiger partial charge in [-0.3, -0.25) is 0 Å². The van der Waals surface area contributed by atoms with Crippen LogP contribution in [0.25, 0.3) is 0 Å². The molecule has 0 spiro atoms. The number of aromatic nitrogens is 2. The first-order valence-corrected chi connectivity index (χ1v) is 5.26. The monoisotopic (exact) mass is 245 g/mol. The molecule has 0 radical (unpaired) electrons. The highest BCUT2D eigenvalue weighted by Gasteiger charge is 2.05. The topological polar surface area (TPSA) is 58.8 Å². The third-order valence-corrected chi connectivity index (χ3v) is 2.31. The number of benzene rings is 1. The molecule has 2 rings (SSSR count). The summed E-state index contributed by atoms with van der Waals surface area (Å²) in [4.78, 5) is 7.80. The second kappa shape index (κ2) is 5.28. The Morgan fingerprint density at radius 1 is 1.18 bits per heavy atom. The molecule has 84 valence electrons. The van der Waals surface area contributed by atoms with E-state index >= 15 is 0 Å². The van der Waals surface area contributed by atoms with E-state index in [0.717, 1.165) is 5.56 Å². The van der Waals surface area contributed by atoms with Gasteiger partial charge < -0.3 is 4.74 Å². The summed E-state index contributed by atoms with van der Waals surface area (Å²) in [5.41, 5.74) is 1.13. The number of hydrogen-bond donors (Lipinski definition) is 0. The fraction of sp³-hybridized carbons (Fsp3) is 0.0833. The Balaban J connectivity index is 2.08. The minimum Gasteiger partial charge on any atom is -0.471 e. The summed E-state index contributed by atoms with van der Waals surface area (Å²) in [5.74, 6) is 0.241. The fourth-order valence-corrected chi connectivity index (χ4v) is 1.37. The summed E-state index contributed by atoms with van der Waals surface area (Å²) in [6.07, 6.45) is 2.94. The van der Waals surface area contributed by atoms with Crippen LogP contribution in [0.15, 0.2) is 36.7 Å². The van der Waals surface area contributed by atoms with Gasteiger partial charge >= 0.3 is 0 Å². The molecule has 17 heavy (non-hydrogen) atoms. The summed E-state index contributed by atoms with van der Waals surface area (Å²) in [6, 6.07) is 9.18. The van der Waals surface area contributed by atoms with E-state index in [2.05, 4.69) is 9.97 Å². The standard InChI is InChI=1S/C12H8ClN3O/c13-10-3-1-9(2-4-10)8-17-12-11(7-14)15-5-6-16-12/h1-6H,8H2. The lowest BCUT2D eigenvalue weighted by atomic mass is 10.2. The average molecular weight is 246 g/mol. The van der Waals surface area contributed by atoms with Crippen molar-refractivity contribution >= 4 is 11.6 Å². The van der Waals surface area contributed by atoms with Crippen LogP contribution in [0, 0.1) is 11.3 Å². The number of rotatable bonds is 3. The van der Waals surface area contributed by atoms with Gasteiger partial charge in [0.1, 0.15) is 12.7 Å². The van der Waals surface area contributed by atoms with Gasteiger partial charge in [-0.05, 0) is 17.7 Å². The van der Waals surface area contributed by atoms with Gasteiger partial charge in [0.15, 0.2) is 0 Å². The van der Waals surface area contributed by atoms with Crippen LogP contribution in [0.1, 0.15) is 11.3 Å². The zero-order valence-corrected chi connectivity index (χ0v) is 9.55. The number of nitriles is 1. The van der Waals surface area contributed by atoms with Crippen molar-refractivity contribution in [3.8, 4) is 11.9 Å². The summed E-state index contributed by atoms with van der Waals surface area (Å²) >= 11 is 5.77. The normalized spacial score (nSPS) is 9.65. The summed E-state index contributed by atoms with van der Waals surface area (Å²) in [7, 11) is 0. The van der Waals surface area contributed by atoms with E-state index in [0.29, 0.717) is 11.6 Å². The van der Waals surface area contributed by atoms with Crippen molar-refractivity contribution in [1.82, 2.24) is 9.97 Å². The van der Waals surface area contributed by atoms with Crippen LogP contribution in [0.4, 0.5) is 0 Å². The number of hydrogen-bond acceptors (Lipinski definition) is 4. The molecule has 0 bridgehead atoms. The molecule has 0 atom stereocenters. The smallest absolute Gasteiger partial charge is 0.251 e. The Labute approximate surface area is 103 Å². The third kappa shape index (κ3) is 2.92. The first-order valence-electron chi connectivity index (χ1n) is 4.88. The highest BCUT2D eigenvalue weighted by Crippen LogP contribution is 2.14. The van der Waals surface area contributed by atoms with Crippen molar-refractivity contribution in [2.24, 2.45) is 0 Å². The molecule has 0 unspecified atom stereocenters. The third-order valence-electron chi connectivity index (χ3n) is 2.06. The van der Waals surface area contributed by atoms with Crippen LogP contribution in [-0.4, -0.2) is 9.97 Å². The first kappa shape index (κ1) is 11.4. The van der Waals surface area contributed by atoms with Gasteiger partial charge in [0.2, 0.25) is 5.69 Å². The van der Waals surface area contributed by atoms with Crippen LogP contribution in [0.3, 0.4) is 0 Å². The minimum absolute atomic E-state index is 0.182. The Hall–Kier alpha value is -2.12. The van der Waals surface area contributed by atoms with E-state index in [1.54, 1.807) is 12.1 Å². The molecule has 0 fully saturated rings. The van der Waals surface area contributed by atoms with Crippen LogP contribution >= 0.6 is 11.6 Å². The van der Waals surface area contributed by atoms with Crippen molar-refractivity contribution in [2.45, 2.75) is 6.61 Å². The Bertz CT molecular complexity index is 548. The molecule has 0 saturated heterocycles. The maximum absolute atomic E-state index is 8.80. The van der Waals surface area contributed by atoms with E-state index in [1.165, 1.54) is 12.4 Å². The molecule has 5 heteroatoms. The fourth-order valence-electron chi connectivity index (χ4n) is 1.24. The van der Waals surface area contributed by atoms with Gasteiger partial charge in [0, 0.05) is 17.4 Å². The lowest BCUT2D eigenvalue weighted by Crippen LogP contribution is -2.00. The van der Waals surface area contributed by atoms with Gasteiger partial charge in [-0.15, -0.1) is 0 Å². The average Bonchev–Trinajstić information content (AvgIpc) is 2.38. The largest absolute Gasteiger partial charge is 0.471 e. The van der Waals surface area contributed by atoms with Crippen LogP contribution < -0.4 is 4.74 Å². The lowest BCUT2D eigenvalue weighted by Gasteiger charge is -2.05. The van der Waals surface area contributed by atoms with Crippen molar-refractivity contribution in [3.05, 3.63) is 52.9 Å². The van der Waals surface area contributed by atoms with E-state index in [-0.39, 0.29) is 11.6 Å². The van der Waals surface area contributed by atoms with Crippen molar-refractivity contribution in [3.63, 3.8) is 0 Å². The quantitative estimate of drug-likeness (QED) is 0.834. The van der Waals surface area contributed by atoms with E-state index in [1.807, 2.05) is 18.2 Å². The highest BCUT2D eigenvalue weighted by molar-refractivity contribution is 6.30. The minimum atomic E-state index is 0.182. The van der Waals surface area contributed by atoms with Crippen LogP contribution in [0.5, 0.6) is 5.88 Å². The highest BCUT2D eigenvalue weighted by atomic mass is 35.5. The molecule has 0 amide bonds. The van der Waals surface area contributed by atoms with E-state index in [4.69, 9.17) is 21.6 Å². The molecule has 1 aromatic carbocycles. The zero-order valence-electron chi connectivity index (χ0n) is 8.80. The van der Waals surface area contributed by atoms with Gasteiger partial charge in [-0.2, -0.15) is 5.26 Å².